The van der Waals surface area contributed by atoms with Gasteiger partial charge in [0.25, 0.3) is 11.1 Å². The molecule has 0 bridgehead atoms. The third-order valence-electron chi connectivity index (χ3n) is 6.93. The zero-order chi connectivity index (χ0) is 29.0. The van der Waals surface area contributed by atoms with Crippen LogP contribution < -0.4 is 0 Å². The van der Waals surface area contributed by atoms with Crippen LogP contribution in [0.15, 0.2) is 47.5 Å². The number of halogens is 6. The average molecular weight is 585 g/mol. The van der Waals surface area contributed by atoms with Crippen LogP contribution in [0.3, 0.4) is 0 Å². The molecule has 0 spiro atoms. The summed E-state index contributed by atoms with van der Waals surface area (Å²) >= 11 is 0.759. The zero-order valence-corrected chi connectivity index (χ0v) is 21.6. The molecular formula is C26H22F6N4O3S. The largest absolute Gasteiger partial charge is 0.416 e. The summed E-state index contributed by atoms with van der Waals surface area (Å²) in [5, 5.41) is 14.6. The highest BCUT2D eigenvalue weighted by molar-refractivity contribution is 8.18. The normalized spacial score (nSPS) is 22.2. The van der Waals surface area contributed by atoms with Crippen molar-refractivity contribution >= 4 is 39.9 Å². The Morgan fingerprint density at radius 2 is 1.82 bits per heavy atom. The fourth-order valence-electron chi connectivity index (χ4n) is 4.93. The van der Waals surface area contributed by atoms with Crippen LogP contribution in [0.4, 0.5) is 31.1 Å². The van der Waals surface area contributed by atoms with E-state index in [-0.39, 0.29) is 16.5 Å². The smallest absolute Gasteiger partial charge is 0.390 e. The Kier molecular flexibility index (Phi) is 7.21. The number of piperidine rings is 1. The first-order valence-corrected chi connectivity index (χ1v) is 12.9. The summed E-state index contributed by atoms with van der Waals surface area (Å²) in [5.74, 6) is -0.513. The number of imide groups is 1. The number of hydrogen-bond donors (Lipinski definition) is 1. The van der Waals surface area contributed by atoms with Gasteiger partial charge in [0, 0.05) is 18.5 Å². The van der Waals surface area contributed by atoms with E-state index in [1.165, 1.54) is 17.0 Å². The molecule has 2 aromatic carbocycles. The van der Waals surface area contributed by atoms with Crippen molar-refractivity contribution in [2.24, 2.45) is 0 Å². The number of likely N-dealkylation sites (N-methyl/N-ethyl adjacent to an activating group) is 1. The third kappa shape index (κ3) is 5.47. The van der Waals surface area contributed by atoms with Gasteiger partial charge in [0.1, 0.15) is 0 Å². The predicted octanol–water partition coefficient (Wildman–Crippen LogP) is 5.22. The lowest BCUT2D eigenvalue weighted by Gasteiger charge is -2.37. The summed E-state index contributed by atoms with van der Waals surface area (Å²) in [4.78, 5) is 28.8. The number of aliphatic hydroxyl groups is 1. The molecule has 2 atom stereocenters. The van der Waals surface area contributed by atoms with Gasteiger partial charge in [-0.05, 0) is 66.7 Å². The molecule has 3 heterocycles. The summed E-state index contributed by atoms with van der Waals surface area (Å²) in [6.07, 6.45) is -7.43. The third-order valence-corrected chi connectivity index (χ3v) is 7.81. The van der Waals surface area contributed by atoms with Gasteiger partial charge in [-0.25, -0.2) is 0 Å². The lowest BCUT2D eigenvalue weighted by molar-refractivity contribution is -0.143. The van der Waals surface area contributed by atoms with Crippen LogP contribution in [0.5, 0.6) is 0 Å². The van der Waals surface area contributed by atoms with E-state index >= 15 is 0 Å². The first-order chi connectivity index (χ1) is 18.7. The second kappa shape index (κ2) is 10.2. The number of carbonyl (C=O) groups excluding carboxylic acids is 2. The number of fused-ring (bicyclic) bond motifs is 1. The van der Waals surface area contributed by atoms with E-state index in [0.29, 0.717) is 42.0 Å². The molecule has 0 radical (unpaired) electrons. The molecule has 3 aromatic rings. The highest BCUT2D eigenvalue weighted by Crippen LogP contribution is 2.38. The Morgan fingerprint density at radius 1 is 1.07 bits per heavy atom. The Balaban J connectivity index is 1.39. The summed E-state index contributed by atoms with van der Waals surface area (Å²) in [6, 6.07) is 5.66. The van der Waals surface area contributed by atoms with E-state index in [2.05, 4.69) is 5.10 Å². The number of thioether (sulfide) groups is 1. The monoisotopic (exact) mass is 584 g/mol. The van der Waals surface area contributed by atoms with E-state index < -0.39 is 53.3 Å². The quantitative estimate of drug-likeness (QED) is 0.335. The number of benzene rings is 2. The topological polar surface area (TPSA) is 78.7 Å². The molecule has 2 amide bonds. The van der Waals surface area contributed by atoms with Crippen molar-refractivity contribution in [1.29, 1.82) is 0 Å². The van der Waals surface area contributed by atoms with E-state index in [0.717, 1.165) is 22.7 Å². The van der Waals surface area contributed by atoms with E-state index in [1.54, 1.807) is 18.2 Å². The lowest BCUT2D eigenvalue weighted by atomic mass is 10.0. The summed E-state index contributed by atoms with van der Waals surface area (Å²) in [5.41, 5.74) is -2.21. The number of alkyl halides is 6. The first-order valence-electron chi connectivity index (χ1n) is 12.1. The molecule has 0 aliphatic carbocycles. The maximum atomic E-state index is 13.6. The lowest BCUT2D eigenvalue weighted by Crippen LogP contribution is -2.54. The molecule has 1 unspecified atom stereocenters. The summed E-state index contributed by atoms with van der Waals surface area (Å²) in [7, 11) is 1.84. The Bertz CT molecular complexity index is 1520. The van der Waals surface area contributed by atoms with Gasteiger partial charge in [-0.2, -0.15) is 31.4 Å². The van der Waals surface area contributed by atoms with Gasteiger partial charge >= 0.3 is 12.4 Å². The molecular weight excluding hydrogens is 562 g/mol. The fraction of sp³-hybridized carbons (Fsp3) is 0.346. The molecule has 5 rings (SSSR count). The maximum absolute atomic E-state index is 13.6. The van der Waals surface area contributed by atoms with Gasteiger partial charge < -0.3 is 10.0 Å². The number of aliphatic hydroxyl groups excluding tert-OH is 1. The minimum Gasteiger partial charge on any atom is -0.390 e. The highest BCUT2D eigenvalue weighted by Gasteiger charge is 2.44. The number of β-amino-alcohol motifs (C(OH)–C–C–N with tert-alkyl or cyclic N) is 1. The Hall–Kier alpha value is -3.36. The van der Waals surface area contributed by atoms with Gasteiger partial charge in [0.2, 0.25) is 0 Å². The Morgan fingerprint density at radius 3 is 2.50 bits per heavy atom. The molecule has 2 saturated heterocycles. The van der Waals surface area contributed by atoms with Crippen molar-refractivity contribution in [3.63, 3.8) is 0 Å². The van der Waals surface area contributed by atoms with Crippen molar-refractivity contribution in [3.8, 4) is 0 Å². The van der Waals surface area contributed by atoms with Crippen molar-refractivity contribution in [1.82, 2.24) is 19.6 Å². The SMILES string of the molecule is CN1CCC(N2C(=O)SC(=Cc3ccc4c(cnn4Cc4ccc(C(F)(F)F)cc4C(F)(F)F)c3)C2=O)[C@@H](O)C1. The van der Waals surface area contributed by atoms with Crippen molar-refractivity contribution < 1.29 is 41.0 Å². The number of rotatable bonds is 4. The molecule has 2 fully saturated rings. The molecule has 40 heavy (non-hydrogen) atoms. The van der Waals surface area contributed by atoms with E-state index in [1.807, 2.05) is 11.9 Å². The van der Waals surface area contributed by atoms with Gasteiger partial charge in [0.05, 0.1) is 46.4 Å². The molecule has 1 aromatic heterocycles. The molecule has 14 heteroatoms. The van der Waals surface area contributed by atoms with E-state index in [4.69, 9.17) is 0 Å². The van der Waals surface area contributed by atoms with Crippen molar-refractivity contribution in [2.75, 3.05) is 20.1 Å². The molecule has 2 aliphatic heterocycles. The minimum absolute atomic E-state index is 0.0940. The van der Waals surface area contributed by atoms with Crippen LogP contribution >= 0.6 is 11.8 Å². The fourth-order valence-corrected chi connectivity index (χ4v) is 5.82. The predicted molar refractivity (Wildman–Crippen MR) is 135 cm³/mol. The second-order valence-electron chi connectivity index (χ2n) is 9.73. The van der Waals surface area contributed by atoms with Gasteiger partial charge in [-0.3, -0.25) is 19.2 Å². The zero-order valence-electron chi connectivity index (χ0n) is 20.8. The highest BCUT2D eigenvalue weighted by atomic mass is 32.2. The van der Waals surface area contributed by atoms with E-state index in [9.17, 15) is 41.0 Å². The van der Waals surface area contributed by atoms with Gasteiger partial charge in [-0.15, -0.1) is 0 Å². The van der Waals surface area contributed by atoms with Crippen LogP contribution in [0, 0.1) is 0 Å². The number of amides is 2. The first kappa shape index (κ1) is 28.2. The second-order valence-corrected chi connectivity index (χ2v) is 10.7. The molecule has 212 valence electrons. The van der Waals surface area contributed by atoms with Crippen molar-refractivity contribution in [2.45, 2.75) is 37.5 Å². The minimum atomic E-state index is -5.00. The number of nitrogens with zero attached hydrogens (tertiary/aromatic N) is 4. The average Bonchev–Trinajstić information content (AvgIpc) is 3.37. The number of carbonyl (C=O) groups is 2. The van der Waals surface area contributed by atoms with Crippen LogP contribution in [0.25, 0.3) is 17.0 Å². The Labute approximate surface area is 228 Å². The molecule has 1 N–H and O–H groups in total. The van der Waals surface area contributed by atoms with Crippen molar-refractivity contribution in [3.05, 3.63) is 69.8 Å². The van der Waals surface area contributed by atoms with Crippen LogP contribution in [0.2, 0.25) is 0 Å². The van der Waals surface area contributed by atoms with Crippen LogP contribution in [-0.2, 0) is 23.7 Å². The molecule has 2 aliphatic rings. The summed E-state index contributed by atoms with van der Waals surface area (Å²) in [6.45, 7) is 0.538. The number of aromatic nitrogens is 2. The number of likely N-dealkylation sites (tertiary alicyclic amines) is 1. The maximum Gasteiger partial charge on any atom is 0.416 e. The van der Waals surface area contributed by atoms with Gasteiger partial charge in [-0.1, -0.05) is 12.1 Å². The van der Waals surface area contributed by atoms with Gasteiger partial charge in [0.15, 0.2) is 0 Å². The standard InChI is InChI=1S/C26H22F6N4O3S/c1-34-7-6-20(21(37)13-34)36-23(38)22(40-24(36)39)9-14-2-5-19-16(8-14)11-33-35(19)12-15-3-4-17(25(27,28)29)10-18(15)26(30,31)32/h2-5,8-11,20-21,37H,6-7,12-13H2,1H3/t20?,21-/m0/s1. The number of hydrogen-bond acceptors (Lipinski definition) is 6. The molecule has 0 saturated carbocycles. The van der Waals surface area contributed by atoms with Crippen LogP contribution in [0.1, 0.15) is 28.7 Å². The van der Waals surface area contributed by atoms with Crippen LogP contribution in [-0.4, -0.2) is 68.1 Å². The summed E-state index contributed by atoms with van der Waals surface area (Å²) < 4.78 is 81.0. The molecule has 7 nitrogen and oxygen atoms in total.